The van der Waals surface area contributed by atoms with Crippen LogP contribution in [0.25, 0.3) is 0 Å². The monoisotopic (exact) mass is 390 g/mol. The lowest BCUT2D eigenvalue weighted by atomic mass is 10.2. The number of alkyl halides is 1. The minimum atomic E-state index is -0.407. The average molecular weight is 392 g/mol. The number of para-hydroxylation sites is 1. The molecule has 5 heteroatoms. The highest BCUT2D eigenvalue weighted by Crippen LogP contribution is 2.27. The van der Waals surface area contributed by atoms with E-state index in [1.165, 1.54) is 18.2 Å². The van der Waals surface area contributed by atoms with Crippen molar-refractivity contribution in [3.8, 4) is 5.75 Å². The van der Waals surface area contributed by atoms with E-state index in [0.717, 1.165) is 11.1 Å². The van der Waals surface area contributed by atoms with Crippen molar-refractivity contribution in [2.45, 2.75) is 11.9 Å². The van der Waals surface area contributed by atoms with Gasteiger partial charge in [-0.05, 0) is 18.2 Å². The first kappa shape index (κ1) is 14.5. The summed E-state index contributed by atoms with van der Waals surface area (Å²) in [7, 11) is 0. The summed E-state index contributed by atoms with van der Waals surface area (Å²) < 4.78 is 32.8. The van der Waals surface area contributed by atoms with Gasteiger partial charge in [-0.25, -0.2) is 8.78 Å². The summed E-state index contributed by atoms with van der Waals surface area (Å²) in [6.07, 6.45) is 0. The molecule has 2 rings (SSSR count). The first-order valence-corrected chi connectivity index (χ1v) is 7.43. The molecule has 0 saturated carbocycles. The highest BCUT2D eigenvalue weighted by molar-refractivity contribution is 9.10. The lowest BCUT2D eigenvalue weighted by Crippen LogP contribution is -2.01. The van der Waals surface area contributed by atoms with Gasteiger partial charge in [-0.2, -0.15) is 0 Å². The topological polar surface area (TPSA) is 9.23 Å². The maximum absolute atomic E-state index is 13.7. The van der Waals surface area contributed by atoms with E-state index in [2.05, 4.69) is 31.9 Å². The van der Waals surface area contributed by atoms with Crippen LogP contribution in [0.4, 0.5) is 8.78 Å². The summed E-state index contributed by atoms with van der Waals surface area (Å²) in [4.78, 5) is 0. The highest BCUT2D eigenvalue weighted by atomic mass is 79.9. The van der Waals surface area contributed by atoms with Crippen molar-refractivity contribution in [3.05, 3.63) is 63.6 Å². The first-order valence-electron chi connectivity index (χ1n) is 5.52. The van der Waals surface area contributed by atoms with Crippen LogP contribution in [0.1, 0.15) is 11.1 Å². The zero-order valence-electron chi connectivity index (χ0n) is 9.80. The van der Waals surface area contributed by atoms with E-state index in [0.29, 0.717) is 9.80 Å². The van der Waals surface area contributed by atoms with Crippen LogP contribution in [0, 0.1) is 11.6 Å². The fraction of sp³-hybridized carbons (Fsp3) is 0.143. The Morgan fingerprint density at radius 1 is 1.05 bits per heavy atom. The van der Waals surface area contributed by atoms with E-state index in [1.807, 2.05) is 0 Å². The molecule has 0 aliphatic carbocycles. The van der Waals surface area contributed by atoms with E-state index >= 15 is 0 Å². The van der Waals surface area contributed by atoms with E-state index in [4.69, 9.17) is 4.74 Å². The van der Waals surface area contributed by atoms with Crippen LogP contribution in [-0.4, -0.2) is 0 Å². The number of rotatable bonds is 4. The molecule has 0 radical (unpaired) electrons. The number of halogens is 4. The van der Waals surface area contributed by atoms with Crippen LogP contribution in [-0.2, 0) is 11.9 Å². The quantitative estimate of drug-likeness (QED) is 0.650. The van der Waals surface area contributed by atoms with E-state index in [-0.39, 0.29) is 18.2 Å². The zero-order valence-corrected chi connectivity index (χ0v) is 13.0. The molecule has 0 amide bonds. The van der Waals surface area contributed by atoms with Crippen LogP contribution in [0.3, 0.4) is 0 Å². The third-order valence-corrected chi connectivity index (χ3v) is 3.92. The molecule has 0 N–H and O–H groups in total. The standard InChI is InChI=1S/C14H10Br2F2O/c15-7-9-2-1-3-13(18)14(9)19-8-10-4-5-11(17)6-12(10)16/h1-6H,7-8H2. The Balaban J connectivity index is 2.19. The van der Waals surface area contributed by atoms with Crippen LogP contribution in [0.5, 0.6) is 5.75 Å². The molecule has 0 bridgehead atoms. The summed E-state index contributed by atoms with van der Waals surface area (Å²) in [5.41, 5.74) is 1.49. The fourth-order valence-corrected chi connectivity index (χ4v) is 2.52. The minimum Gasteiger partial charge on any atom is -0.485 e. The second-order valence-electron chi connectivity index (χ2n) is 3.89. The second-order valence-corrected chi connectivity index (χ2v) is 5.30. The van der Waals surface area contributed by atoms with Crippen LogP contribution in [0.2, 0.25) is 0 Å². The van der Waals surface area contributed by atoms with E-state index < -0.39 is 5.82 Å². The average Bonchev–Trinajstić information content (AvgIpc) is 2.39. The molecule has 0 unspecified atom stereocenters. The molecule has 1 nitrogen and oxygen atoms in total. The van der Waals surface area contributed by atoms with Gasteiger partial charge in [0.15, 0.2) is 11.6 Å². The Labute approximate surface area is 126 Å². The van der Waals surface area contributed by atoms with Crippen LogP contribution < -0.4 is 4.74 Å². The van der Waals surface area contributed by atoms with Gasteiger partial charge in [-0.15, -0.1) is 0 Å². The molecule has 2 aromatic rings. The number of hydrogen-bond acceptors (Lipinski definition) is 1. The van der Waals surface area contributed by atoms with Crippen molar-refractivity contribution < 1.29 is 13.5 Å². The summed E-state index contributed by atoms with van der Waals surface area (Å²) in [5, 5.41) is 0.505. The predicted octanol–water partition coefficient (Wildman–Crippen LogP) is 5.20. The number of ether oxygens (including phenoxy) is 1. The molecule has 0 spiro atoms. The molecule has 100 valence electrons. The van der Waals surface area contributed by atoms with E-state index in [9.17, 15) is 8.78 Å². The van der Waals surface area contributed by atoms with Gasteiger partial charge in [0.2, 0.25) is 0 Å². The smallest absolute Gasteiger partial charge is 0.165 e. The minimum absolute atomic E-state index is 0.168. The molecule has 0 aromatic heterocycles. The molecule has 0 saturated heterocycles. The zero-order chi connectivity index (χ0) is 13.8. The summed E-state index contributed by atoms with van der Waals surface area (Å²) in [6, 6.07) is 9.07. The van der Waals surface area contributed by atoms with Crippen molar-refractivity contribution >= 4 is 31.9 Å². The molecule has 0 atom stereocenters. The van der Waals surface area contributed by atoms with Gasteiger partial charge in [0.1, 0.15) is 12.4 Å². The van der Waals surface area contributed by atoms with Gasteiger partial charge in [-0.1, -0.05) is 50.1 Å². The predicted molar refractivity (Wildman–Crippen MR) is 77.5 cm³/mol. The van der Waals surface area contributed by atoms with Crippen molar-refractivity contribution in [1.82, 2.24) is 0 Å². The summed E-state index contributed by atoms with van der Waals surface area (Å²) in [5.74, 6) is -0.520. The molecular weight excluding hydrogens is 382 g/mol. The third kappa shape index (κ3) is 3.54. The SMILES string of the molecule is Fc1ccc(COc2c(F)cccc2CBr)c(Br)c1. The largest absolute Gasteiger partial charge is 0.485 e. The Hall–Kier alpha value is -0.940. The first-order chi connectivity index (χ1) is 9.11. The van der Waals surface area contributed by atoms with Gasteiger partial charge in [0.25, 0.3) is 0 Å². The normalized spacial score (nSPS) is 10.5. The lowest BCUT2D eigenvalue weighted by molar-refractivity contribution is 0.287. The van der Waals surface area contributed by atoms with Crippen molar-refractivity contribution in [1.29, 1.82) is 0 Å². The van der Waals surface area contributed by atoms with Crippen molar-refractivity contribution in [2.75, 3.05) is 0 Å². The summed E-state index contributed by atoms with van der Waals surface area (Å²) >= 11 is 6.54. The Kier molecular flexibility index (Phi) is 4.93. The lowest BCUT2D eigenvalue weighted by Gasteiger charge is -2.12. The third-order valence-electron chi connectivity index (χ3n) is 2.58. The Morgan fingerprint density at radius 2 is 1.84 bits per heavy atom. The Bertz CT molecular complexity index is 588. The van der Waals surface area contributed by atoms with Gasteiger partial charge >= 0.3 is 0 Å². The van der Waals surface area contributed by atoms with Gasteiger partial charge in [-0.3, -0.25) is 0 Å². The summed E-state index contributed by atoms with van der Waals surface area (Å²) in [6.45, 7) is 0.168. The van der Waals surface area contributed by atoms with Crippen molar-refractivity contribution in [3.63, 3.8) is 0 Å². The van der Waals surface area contributed by atoms with E-state index in [1.54, 1.807) is 18.2 Å². The number of benzene rings is 2. The molecular formula is C14H10Br2F2O. The molecule has 0 aliphatic rings. The molecule has 2 aromatic carbocycles. The highest BCUT2D eigenvalue weighted by Gasteiger charge is 2.10. The fourth-order valence-electron chi connectivity index (χ4n) is 1.61. The maximum atomic E-state index is 13.7. The molecule has 0 fully saturated rings. The second kappa shape index (κ2) is 6.48. The Morgan fingerprint density at radius 3 is 2.53 bits per heavy atom. The molecule has 0 heterocycles. The molecule has 19 heavy (non-hydrogen) atoms. The van der Waals surface area contributed by atoms with Crippen LogP contribution >= 0.6 is 31.9 Å². The van der Waals surface area contributed by atoms with Gasteiger partial charge in [0.05, 0.1) is 0 Å². The number of hydrogen-bond donors (Lipinski definition) is 0. The van der Waals surface area contributed by atoms with Crippen molar-refractivity contribution in [2.24, 2.45) is 0 Å². The van der Waals surface area contributed by atoms with Gasteiger partial charge < -0.3 is 4.74 Å². The maximum Gasteiger partial charge on any atom is 0.165 e. The van der Waals surface area contributed by atoms with Gasteiger partial charge in [0, 0.05) is 20.9 Å². The molecule has 0 aliphatic heterocycles. The van der Waals surface area contributed by atoms with Crippen LogP contribution in [0.15, 0.2) is 40.9 Å².